The van der Waals surface area contributed by atoms with E-state index < -0.39 is 0 Å². The molecule has 0 radical (unpaired) electrons. The summed E-state index contributed by atoms with van der Waals surface area (Å²) in [5.41, 5.74) is 16.0. The van der Waals surface area contributed by atoms with Crippen molar-refractivity contribution >= 4 is 0 Å². The standard InChI is InChI=1S/C30H30O.2C22H22O/c1-21(24-13-7-4-8-14-24)27-19-28(22(2)25-15-9-5-10-16-25)30(31)29(20-27)23(3)26-17-11-6-12-18-26;1-16(18-10-5-3-6-11-18)20-14-9-15-21(22(20)23)17(2)19-12-7-4-8-13-19;1-16(18-9-5-3-6-10-18)20-13-14-22(23)21(15-20)17(2)19-11-7-4-8-12-19/h4-23,31H,1-3H3;2*3-17,23H,1-2H3. The largest absolute Gasteiger partial charge is 0.508 e. The monoisotopic (exact) mass is 1010 g/mol. The summed E-state index contributed by atoms with van der Waals surface area (Å²) in [7, 11) is 0. The molecule has 10 rings (SSSR count). The van der Waals surface area contributed by atoms with Gasteiger partial charge in [-0.05, 0) is 56.1 Å². The predicted octanol–water partition coefficient (Wildman–Crippen LogP) is 19.2. The van der Waals surface area contributed by atoms with Crippen LogP contribution in [0.1, 0.15) is 168 Å². The van der Waals surface area contributed by atoms with Crippen LogP contribution in [-0.4, -0.2) is 15.3 Å². The molecule has 0 heterocycles. The first kappa shape index (κ1) is 54.8. The average molecular weight is 1010 g/mol. The fourth-order valence-electron chi connectivity index (χ4n) is 10.6. The van der Waals surface area contributed by atoms with Crippen LogP contribution in [0.25, 0.3) is 0 Å². The maximum absolute atomic E-state index is 11.4. The van der Waals surface area contributed by atoms with E-state index in [4.69, 9.17) is 0 Å². The lowest BCUT2D eigenvalue weighted by atomic mass is 9.82. The van der Waals surface area contributed by atoms with E-state index in [1.807, 2.05) is 103 Å². The van der Waals surface area contributed by atoms with E-state index in [2.05, 4.69) is 206 Å². The third-order valence-corrected chi connectivity index (χ3v) is 15.8. The summed E-state index contributed by atoms with van der Waals surface area (Å²) in [6.07, 6.45) is 0. The van der Waals surface area contributed by atoms with Crippen molar-refractivity contribution in [1.82, 2.24) is 0 Å². The molecule has 388 valence electrons. The molecular weight excluding hydrogens is 937 g/mol. The van der Waals surface area contributed by atoms with Crippen LogP contribution >= 0.6 is 0 Å². The molecule has 0 aliphatic carbocycles. The van der Waals surface area contributed by atoms with Gasteiger partial charge in [0.1, 0.15) is 17.2 Å². The summed E-state index contributed by atoms with van der Waals surface area (Å²) in [5.74, 6) is 2.44. The van der Waals surface area contributed by atoms with Gasteiger partial charge in [0.2, 0.25) is 0 Å². The Kier molecular flexibility index (Phi) is 18.8. The van der Waals surface area contributed by atoms with Crippen LogP contribution in [0.15, 0.2) is 261 Å². The van der Waals surface area contributed by atoms with Crippen molar-refractivity contribution in [3.8, 4) is 17.2 Å². The summed E-state index contributed by atoms with van der Waals surface area (Å²) < 4.78 is 0. The second kappa shape index (κ2) is 26.4. The number of hydrogen-bond acceptors (Lipinski definition) is 3. The maximum atomic E-state index is 11.4. The molecular formula is C74H74O3. The van der Waals surface area contributed by atoms with E-state index in [1.165, 1.54) is 50.1 Å². The van der Waals surface area contributed by atoms with Gasteiger partial charge < -0.3 is 15.3 Å². The highest BCUT2D eigenvalue weighted by Crippen LogP contribution is 2.43. The summed E-state index contributed by atoms with van der Waals surface area (Å²) in [6.45, 7) is 15.2. The SMILES string of the molecule is CC(c1ccccc1)c1cc(C(C)c2ccccc2)c(O)c(C(C)c2ccccc2)c1.CC(c1ccccc1)c1ccc(O)c(C(C)c2ccccc2)c1.CC(c1ccccc1)c1cccc(C(C)c2ccccc2)c1O. The Morgan fingerprint density at radius 1 is 0.195 bits per heavy atom. The van der Waals surface area contributed by atoms with E-state index in [0.29, 0.717) is 23.2 Å². The third-order valence-electron chi connectivity index (χ3n) is 15.8. The zero-order valence-corrected chi connectivity index (χ0v) is 45.7. The number of phenols is 3. The zero-order chi connectivity index (χ0) is 54.3. The molecule has 0 aromatic heterocycles. The molecule has 0 aliphatic heterocycles. The van der Waals surface area contributed by atoms with Crippen LogP contribution in [0, 0.1) is 0 Å². The Morgan fingerprint density at radius 3 is 0.740 bits per heavy atom. The molecule has 0 saturated heterocycles. The predicted molar refractivity (Wildman–Crippen MR) is 322 cm³/mol. The van der Waals surface area contributed by atoms with Crippen molar-refractivity contribution in [3.05, 3.63) is 339 Å². The van der Waals surface area contributed by atoms with Gasteiger partial charge in [0.25, 0.3) is 0 Å². The van der Waals surface area contributed by atoms with Crippen LogP contribution < -0.4 is 0 Å². The molecule has 77 heavy (non-hydrogen) atoms. The molecule has 3 nitrogen and oxygen atoms in total. The fraction of sp³-hybridized carbons (Fsp3) is 0.189. The van der Waals surface area contributed by atoms with Crippen molar-refractivity contribution < 1.29 is 15.3 Å². The lowest BCUT2D eigenvalue weighted by Gasteiger charge is -2.24. The average Bonchev–Trinajstić information content (AvgIpc) is 3.50. The Morgan fingerprint density at radius 2 is 0.429 bits per heavy atom. The lowest BCUT2D eigenvalue weighted by Crippen LogP contribution is -2.06. The Bertz CT molecular complexity index is 3170. The van der Waals surface area contributed by atoms with Crippen molar-refractivity contribution in [3.63, 3.8) is 0 Å². The minimum absolute atomic E-state index is 0.103. The van der Waals surface area contributed by atoms with Crippen LogP contribution in [-0.2, 0) is 0 Å². The van der Waals surface area contributed by atoms with Crippen LogP contribution in [0.5, 0.6) is 17.2 Å². The first-order valence-electron chi connectivity index (χ1n) is 27.3. The molecule has 0 spiro atoms. The van der Waals surface area contributed by atoms with Gasteiger partial charge in [-0.25, -0.2) is 0 Å². The van der Waals surface area contributed by atoms with Crippen molar-refractivity contribution in [2.75, 3.05) is 0 Å². The molecule has 0 amide bonds. The van der Waals surface area contributed by atoms with Crippen molar-refractivity contribution in [2.45, 2.75) is 89.9 Å². The molecule has 0 saturated carbocycles. The number of aromatic hydroxyl groups is 3. The summed E-state index contributed by atoms with van der Waals surface area (Å²) in [4.78, 5) is 0. The van der Waals surface area contributed by atoms with Gasteiger partial charge in [-0.2, -0.15) is 0 Å². The number of phenolic OH excluding ortho intramolecular Hbond substituents is 3. The molecule has 0 fully saturated rings. The number of hydrogen-bond donors (Lipinski definition) is 3. The molecule has 3 heteroatoms. The van der Waals surface area contributed by atoms with Gasteiger partial charge in [0, 0.05) is 69.2 Å². The molecule has 7 unspecified atom stereocenters. The second-order valence-electron chi connectivity index (χ2n) is 20.6. The number of para-hydroxylation sites is 1. The first-order chi connectivity index (χ1) is 37.4. The van der Waals surface area contributed by atoms with E-state index in [-0.39, 0.29) is 35.5 Å². The molecule has 10 aromatic carbocycles. The highest BCUT2D eigenvalue weighted by molar-refractivity contribution is 5.54. The topological polar surface area (TPSA) is 60.7 Å². The van der Waals surface area contributed by atoms with Gasteiger partial charge >= 0.3 is 0 Å². The van der Waals surface area contributed by atoms with Crippen LogP contribution in [0.3, 0.4) is 0 Å². The lowest BCUT2D eigenvalue weighted by molar-refractivity contribution is 0.456. The van der Waals surface area contributed by atoms with Crippen molar-refractivity contribution in [1.29, 1.82) is 0 Å². The molecule has 10 aromatic rings. The Hall–Kier alpha value is -8.40. The molecule has 0 aliphatic rings. The van der Waals surface area contributed by atoms with Gasteiger partial charge in [-0.15, -0.1) is 0 Å². The first-order valence-corrected chi connectivity index (χ1v) is 27.3. The van der Waals surface area contributed by atoms with Gasteiger partial charge in [0.05, 0.1) is 0 Å². The highest BCUT2D eigenvalue weighted by atomic mass is 16.3. The smallest absolute Gasteiger partial charge is 0.123 e. The van der Waals surface area contributed by atoms with Crippen LogP contribution in [0.4, 0.5) is 0 Å². The van der Waals surface area contributed by atoms with E-state index in [9.17, 15) is 15.3 Å². The van der Waals surface area contributed by atoms with Gasteiger partial charge in [0.15, 0.2) is 0 Å². The van der Waals surface area contributed by atoms with Gasteiger partial charge in [-0.3, -0.25) is 0 Å². The quantitative estimate of drug-likeness (QED) is 0.102. The fourth-order valence-corrected chi connectivity index (χ4v) is 10.6. The van der Waals surface area contributed by atoms with E-state index in [1.54, 1.807) is 0 Å². The summed E-state index contributed by atoms with van der Waals surface area (Å²) >= 11 is 0. The maximum Gasteiger partial charge on any atom is 0.123 e. The van der Waals surface area contributed by atoms with Crippen molar-refractivity contribution in [2.24, 2.45) is 0 Å². The Labute approximate surface area is 458 Å². The number of benzene rings is 10. The summed E-state index contributed by atoms with van der Waals surface area (Å²) in [6, 6.07) is 89.4. The van der Waals surface area contributed by atoms with Gasteiger partial charge in [-0.1, -0.05) is 303 Å². The highest BCUT2D eigenvalue weighted by Gasteiger charge is 2.24. The molecule has 0 bridgehead atoms. The van der Waals surface area contributed by atoms with Crippen LogP contribution in [0.2, 0.25) is 0 Å². The minimum atomic E-state index is 0.103. The molecule has 7 atom stereocenters. The Balaban J connectivity index is 0.000000155. The molecule has 3 N–H and O–H groups in total. The second-order valence-corrected chi connectivity index (χ2v) is 20.6. The zero-order valence-electron chi connectivity index (χ0n) is 45.7. The normalized spacial score (nSPS) is 13.7. The minimum Gasteiger partial charge on any atom is -0.508 e. The number of rotatable bonds is 14. The van der Waals surface area contributed by atoms with E-state index >= 15 is 0 Å². The van der Waals surface area contributed by atoms with E-state index in [0.717, 1.165) is 27.8 Å². The summed E-state index contributed by atoms with van der Waals surface area (Å²) in [5, 5.41) is 32.6. The third kappa shape index (κ3) is 13.5.